The van der Waals surface area contributed by atoms with Gasteiger partial charge < -0.3 is 14.8 Å². The van der Waals surface area contributed by atoms with Gasteiger partial charge in [0, 0.05) is 12.6 Å². The van der Waals surface area contributed by atoms with Gasteiger partial charge in [0.2, 0.25) is 0 Å². The summed E-state index contributed by atoms with van der Waals surface area (Å²) < 4.78 is 11.5. The Morgan fingerprint density at radius 2 is 2.13 bits per heavy atom. The lowest BCUT2D eigenvalue weighted by atomic mass is 9.92. The summed E-state index contributed by atoms with van der Waals surface area (Å²) in [6, 6.07) is 0.573. The SMILES string of the molecule is CCNC1CCCCC1OC1CCOC1. The van der Waals surface area contributed by atoms with Gasteiger partial charge in [-0.3, -0.25) is 0 Å². The van der Waals surface area contributed by atoms with E-state index in [2.05, 4.69) is 12.2 Å². The van der Waals surface area contributed by atoms with Crippen molar-refractivity contribution in [3.05, 3.63) is 0 Å². The topological polar surface area (TPSA) is 30.5 Å². The van der Waals surface area contributed by atoms with E-state index in [1.165, 1.54) is 25.7 Å². The van der Waals surface area contributed by atoms with Gasteiger partial charge in [-0.15, -0.1) is 0 Å². The second-order valence-corrected chi connectivity index (χ2v) is 4.61. The fourth-order valence-corrected chi connectivity index (χ4v) is 2.62. The lowest BCUT2D eigenvalue weighted by molar-refractivity contribution is -0.0478. The van der Waals surface area contributed by atoms with Gasteiger partial charge in [0.15, 0.2) is 0 Å². The fraction of sp³-hybridized carbons (Fsp3) is 1.00. The van der Waals surface area contributed by atoms with E-state index in [1.807, 2.05) is 0 Å². The molecular formula is C12H23NO2. The molecule has 1 saturated carbocycles. The van der Waals surface area contributed by atoms with Crippen LogP contribution in [0.5, 0.6) is 0 Å². The number of hydrogen-bond acceptors (Lipinski definition) is 3. The van der Waals surface area contributed by atoms with E-state index < -0.39 is 0 Å². The molecular weight excluding hydrogens is 190 g/mol. The van der Waals surface area contributed by atoms with Crippen LogP contribution in [0, 0.1) is 0 Å². The van der Waals surface area contributed by atoms with E-state index in [-0.39, 0.29) is 0 Å². The molecule has 0 aromatic rings. The van der Waals surface area contributed by atoms with E-state index in [1.54, 1.807) is 0 Å². The first kappa shape index (κ1) is 11.4. The number of rotatable bonds is 4. The van der Waals surface area contributed by atoms with E-state index in [0.717, 1.165) is 26.2 Å². The molecule has 1 aliphatic carbocycles. The number of nitrogens with one attached hydrogen (secondary N) is 1. The zero-order valence-electron chi connectivity index (χ0n) is 9.71. The summed E-state index contributed by atoms with van der Waals surface area (Å²) in [6.07, 6.45) is 7.01. The maximum absolute atomic E-state index is 6.13. The fourth-order valence-electron chi connectivity index (χ4n) is 2.62. The van der Waals surface area contributed by atoms with Crippen molar-refractivity contribution in [1.82, 2.24) is 5.32 Å². The maximum Gasteiger partial charge on any atom is 0.0834 e. The molecule has 3 atom stereocenters. The second-order valence-electron chi connectivity index (χ2n) is 4.61. The highest BCUT2D eigenvalue weighted by Gasteiger charge is 2.28. The normalized spacial score (nSPS) is 37.0. The van der Waals surface area contributed by atoms with Gasteiger partial charge in [-0.05, 0) is 25.8 Å². The van der Waals surface area contributed by atoms with Gasteiger partial charge in [0.25, 0.3) is 0 Å². The lowest BCUT2D eigenvalue weighted by Gasteiger charge is -2.33. The van der Waals surface area contributed by atoms with Gasteiger partial charge in [-0.1, -0.05) is 19.8 Å². The van der Waals surface area contributed by atoms with Crippen LogP contribution in [0.25, 0.3) is 0 Å². The summed E-state index contributed by atoms with van der Waals surface area (Å²) in [6.45, 7) is 4.90. The van der Waals surface area contributed by atoms with Crippen molar-refractivity contribution in [2.45, 2.75) is 57.3 Å². The lowest BCUT2D eigenvalue weighted by Crippen LogP contribution is -2.45. The predicted octanol–water partition coefficient (Wildman–Crippen LogP) is 1.71. The third-order valence-electron chi connectivity index (χ3n) is 3.42. The molecule has 15 heavy (non-hydrogen) atoms. The number of likely N-dealkylation sites (N-methyl/N-ethyl adjacent to an activating group) is 1. The monoisotopic (exact) mass is 213 g/mol. The minimum Gasteiger partial charge on any atom is -0.379 e. The Bertz CT molecular complexity index is 178. The van der Waals surface area contributed by atoms with Crippen LogP contribution in [-0.2, 0) is 9.47 Å². The molecule has 0 bridgehead atoms. The number of hydrogen-bond donors (Lipinski definition) is 1. The summed E-state index contributed by atoms with van der Waals surface area (Å²) in [5.74, 6) is 0. The van der Waals surface area contributed by atoms with Crippen LogP contribution in [0.15, 0.2) is 0 Å². The van der Waals surface area contributed by atoms with Crippen LogP contribution < -0.4 is 5.32 Å². The van der Waals surface area contributed by atoms with Crippen LogP contribution in [0.1, 0.15) is 39.0 Å². The molecule has 0 aromatic carbocycles. The zero-order chi connectivity index (χ0) is 10.5. The summed E-state index contributed by atoms with van der Waals surface area (Å²) in [4.78, 5) is 0. The Kier molecular flexibility index (Phi) is 4.42. The summed E-state index contributed by atoms with van der Waals surface area (Å²) in [7, 11) is 0. The zero-order valence-corrected chi connectivity index (χ0v) is 9.71. The molecule has 1 aliphatic heterocycles. The maximum atomic E-state index is 6.13. The molecule has 0 spiro atoms. The van der Waals surface area contributed by atoms with Crippen molar-refractivity contribution < 1.29 is 9.47 Å². The van der Waals surface area contributed by atoms with Crippen LogP contribution in [0.3, 0.4) is 0 Å². The molecule has 3 nitrogen and oxygen atoms in total. The van der Waals surface area contributed by atoms with Gasteiger partial charge in [0.05, 0.1) is 18.8 Å². The Morgan fingerprint density at radius 1 is 1.27 bits per heavy atom. The van der Waals surface area contributed by atoms with Gasteiger partial charge in [0.1, 0.15) is 0 Å². The Labute approximate surface area is 92.5 Å². The molecule has 2 rings (SSSR count). The van der Waals surface area contributed by atoms with E-state index in [9.17, 15) is 0 Å². The second kappa shape index (κ2) is 5.83. The minimum absolute atomic E-state index is 0.356. The third-order valence-corrected chi connectivity index (χ3v) is 3.42. The standard InChI is InChI=1S/C12H23NO2/c1-2-13-11-5-3-4-6-12(11)15-10-7-8-14-9-10/h10-13H,2-9H2,1H3. The quantitative estimate of drug-likeness (QED) is 0.771. The van der Waals surface area contributed by atoms with Gasteiger partial charge in [-0.2, -0.15) is 0 Å². The van der Waals surface area contributed by atoms with Crippen molar-refractivity contribution in [1.29, 1.82) is 0 Å². The molecule has 0 aromatic heterocycles. The van der Waals surface area contributed by atoms with Crippen LogP contribution in [-0.4, -0.2) is 38.0 Å². The molecule has 88 valence electrons. The minimum atomic E-state index is 0.356. The smallest absolute Gasteiger partial charge is 0.0834 e. The Hall–Kier alpha value is -0.120. The molecule has 1 N–H and O–H groups in total. The highest BCUT2D eigenvalue weighted by molar-refractivity contribution is 4.83. The van der Waals surface area contributed by atoms with Crippen molar-refractivity contribution in [2.24, 2.45) is 0 Å². The van der Waals surface area contributed by atoms with Crippen LogP contribution in [0.2, 0.25) is 0 Å². The first-order chi connectivity index (χ1) is 7.40. The van der Waals surface area contributed by atoms with Gasteiger partial charge in [-0.25, -0.2) is 0 Å². The molecule has 3 heteroatoms. The van der Waals surface area contributed by atoms with E-state index in [0.29, 0.717) is 18.2 Å². The number of ether oxygens (including phenoxy) is 2. The first-order valence-electron chi connectivity index (χ1n) is 6.36. The Balaban J connectivity index is 1.80. The average Bonchev–Trinajstić information content (AvgIpc) is 2.74. The first-order valence-corrected chi connectivity index (χ1v) is 6.36. The van der Waals surface area contributed by atoms with E-state index >= 15 is 0 Å². The molecule has 0 radical (unpaired) electrons. The van der Waals surface area contributed by atoms with E-state index in [4.69, 9.17) is 9.47 Å². The molecule has 1 saturated heterocycles. The van der Waals surface area contributed by atoms with Gasteiger partial charge >= 0.3 is 0 Å². The molecule has 3 unspecified atom stereocenters. The van der Waals surface area contributed by atoms with Crippen molar-refractivity contribution in [3.8, 4) is 0 Å². The molecule has 2 fully saturated rings. The van der Waals surface area contributed by atoms with Crippen molar-refractivity contribution in [3.63, 3.8) is 0 Å². The van der Waals surface area contributed by atoms with Crippen LogP contribution >= 0.6 is 0 Å². The van der Waals surface area contributed by atoms with Crippen molar-refractivity contribution in [2.75, 3.05) is 19.8 Å². The van der Waals surface area contributed by atoms with Crippen LogP contribution in [0.4, 0.5) is 0 Å². The predicted molar refractivity (Wildman–Crippen MR) is 60.0 cm³/mol. The molecule has 2 aliphatic rings. The van der Waals surface area contributed by atoms with Crippen molar-refractivity contribution >= 4 is 0 Å². The highest BCUT2D eigenvalue weighted by atomic mass is 16.6. The Morgan fingerprint density at radius 3 is 2.87 bits per heavy atom. The largest absolute Gasteiger partial charge is 0.379 e. The molecule has 0 amide bonds. The third kappa shape index (κ3) is 3.16. The summed E-state index contributed by atoms with van der Waals surface area (Å²) in [5.41, 5.74) is 0. The molecule has 1 heterocycles. The highest BCUT2D eigenvalue weighted by Crippen LogP contribution is 2.24. The summed E-state index contributed by atoms with van der Waals surface area (Å²) >= 11 is 0. The average molecular weight is 213 g/mol. The summed E-state index contributed by atoms with van der Waals surface area (Å²) in [5, 5.41) is 3.54.